The van der Waals surface area contributed by atoms with Crippen molar-refractivity contribution in [3.8, 4) is 0 Å². The smallest absolute Gasteiger partial charge is 0.317 e. The molecule has 0 aromatic rings. The summed E-state index contributed by atoms with van der Waals surface area (Å²) in [4.78, 5) is 25.2. The van der Waals surface area contributed by atoms with Crippen LogP contribution in [-0.4, -0.2) is 41.1 Å². The second kappa shape index (κ2) is 6.95. The Labute approximate surface area is 120 Å². The fourth-order valence-corrected chi connectivity index (χ4v) is 3.60. The normalized spacial score (nSPS) is 24.9. The van der Waals surface area contributed by atoms with E-state index in [-0.39, 0.29) is 12.6 Å². The van der Waals surface area contributed by atoms with E-state index in [2.05, 4.69) is 5.32 Å². The molecule has 20 heavy (non-hydrogen) atoms. The SMILES string of the molecule is CCC(CNC(=O)N1CCCC1C1CCCC1)C(=O)O. The van der Waals surface area contributed by atoms with Gasteiger partial charge in [0.2, 0.25) is 0 Å². The third-order valence-corrected chi connectivity index (χ3v) is 4.85. The molecule has 1 aliphatic carbocycles. The Bertz CT molecular complexity index is 353. The van der Waals surface area contributed by atoms with Crippen LogP contribution in [0.25, 0.3) is 0 Å². The highest BCUT2D eigenvalue weighted by atomic mass is 16.4. The van der Waals surface area contributed by atoms with E-state index in [1.807, 2.05) is 11.8 Å². The fourth-order valence-electron chi connectivity index (χ4n) is 3.60. The first kappa shape index (κ1) is 15.1. The number of aliphatic carboxylic acids is 1. The van der Waals surface area contributed by atoms with Crippen LogP contribution >= 0.6 is 0 Å². The molecule has 2 fully saturated rings. The number of amides is 2. The van der Waals surface area contributed by atoms with Gasteiger partial charge in [0.15, 0.2) is 0 Å². The molecule has 0 aromatic heterocycles. The van der Waals surface area contributed by atoms with Crippen LogP contribution in [0.15, 0.2) is 0 Å². The van der Waals surface area contributed by atoms with Gasteiger partial charge in [-0.2, -0.15) is 0 Å². The molecule has 5 nitrogen and oxygen atoms in total. The number of hydrogen-bond acceptors (Lipinski definition) is 2. The number of rotatable bonds is 5. The third kappa shape index (κ3) is 3.44. The molecule has 1 saturated carbocycles. The first-order valence-corrected chi connectivity index (χ1v) is 7.90. The molecule has 114 valence electrons. The van der Waals surface area contributed by atoms with Crippen molar-refractivity contribution >= 4 is 12.0 Å². The maximum absolute atomic E-state index is 12.3. The first-order valence-electron chi connectivity index (χ1n) is 7.90. The van der Waals surface area contributed by atoms with Crippen LogP contribution in [0.4, 0.5) is 4.79 Å². The predicted molar refractivity (Wildman–Crippen MR) is 76.5 cm³/mol. The maximum atomic E-state index is 12.3. The van der Waals surface area contributed by atoms with Gasteiger partial charge in [0.25, 0.3) is 0 Å². The molecule has 2 unspecified atom stereocenters. The summed E-state index contributed by atoms with van der Waals surface area (Å²) in [6.07, 6.45) is 7.77. The summed E-state index contributed by atoms with van der Waals surface area (Å²) in [7, 11) is 0. The zero-order valence-corrected chi connectivity index (χ0v) is 12.3. The second-order valence-electron chi connectivity index (χ2n) is 6.08. The summed E-state index contributed by atoms with van der Waals surface area (Å²) < 4.78 is 0. The standard InChI is InChI=1S/C15H26N2O3/c1-2-11(14(18)19)10-16-15(20)17-9-5-8-13(17)12-6-3-4-7-12/h11-13H,2-10H2,1H3,(H,16,20)(H,18,19). The van der Waals surface area contributed by atoms with Crippen molar-refractivity contribution < 1.29 is 14.7 Å². The maximum Gasteiger partial charge on any atom is 0.317 e. The van der Waals surface area contributed by atoms with Crippen LogP contribution in [-0.2, 0) is 4.79 Å². The highest BCUT2D eigenvalue weighted by molar-refractivity contribution is 5.76. The van der Waals surface area contributed by atoms with Crippen molar-refractivity contribution in [1.29, 1.82) is 0 Å². The molecule has 0 aromatic carbocycles. The van der Waals surface area contributed by atoms with Crippen LogP contribution in [0.5, 0.6) is 0 Å². The van der Waals surface area contributed by atoms with Crippen molar-refractivity contribution in [3.05, 3.63) is 0 Å². The summed E-state index contributed by atoms with van der Waals surface area (Å²) >= 11 is 0. The van der Waals surface area contributed by atoms with Crippen molar-refractivity contribution in [2.24, 2.45) is 11.8 Å². The van der Waals surface area contributed by atoms with E-state index in [9.17, 15) is 9.59 Å². The average Bonchev–Trinajstić information content (AvgIpc) is 3.09. The molecule has 1 heterocycles. The third-order valence-electron chi connectivity index (χ3n) is 4.85. The Balaban J connectivity index is 1.86. The van der Waals surface area contributed by atoms with Crippen LogP contribution < -0.4 is 5.32 Å². The molecule has 0 radical (unpaired) electrons. The second-order valence-corrected chi connectivity index (χ2v) is 6.08. The monoisotopic (exact) mass is 282 g/mol. The number of carbonyl (C=O) groups excluding carboxylic acids is 1. The number of nitrogens with zero attached hydrogens (tertiary/aromatic N) is 1. The van der Waals surface area contributed by atoms with Gasteiger partial charge in [0.1, 0.15) is 0 Å². The van der Waals surface area contributed by atoms with Gasteiger partial charge in [-0.25, -0.2) is 4.79 Å². The Hall–Kier alpha value is -1.26. The van der Waals surface area contributed by atoms with Crippen LogP contribution in [0, 0.1) is 11.8 Å². The van der Waals surface area contributed by atoms with E-state index in [0.717, 1.165) is 19.4 Å². The summed E-state index contributed by atoms with van der Waals surface area (Å²) in [5.41, 5.74) is 0. The number of likely N-dealkylation sites (tertiary alicyclic amines) is 1. The largest absolute Gasteiger partial charge is 0.481 e. The van der Waals surface area contributed by atoms with E-state index < -0.39 is 11.9 Å². The molecule has 1 aliphatic heterocycles. The van der Waals surface area contributed by atoms with E-state index in [1.165, 1.54) is 25.7 Å². The molecule has 0 bridgehead atoms. The number of urea groups is 1. The van der Waals surface area contributed by atoms with Crippen molar-refractivity contribution in [2.45, 2.75) is 57.9 Å². The lowest BCUT2D eigenvalue weighted by molar-refractivity contribution is -0.141. The van der Waals surface area contributed by atoms with Crippen molar-refractivity contribution in [2.75, 3.05) is 13.1 Å². The number of carboxylic acids is 1. The molecule has 1 saturated heterocycles. The van der Waals surface area contributed by atoms with Gasteiger partial charge in [0.05, 0.1) is 5.92 Å². The van der Waals surface area contributed by atoms with Gasteiger partial charge in [-0.3, -0.25) is 4.79 Å². The van der Waals surface area contributed by atoms with Gasteiger partial charge in [-0.15, -0.1) is 0 Å². The highest BCUT2D eigenvalue weighted by Crippen LogP contribution is 2.35. The lowest BCUT2D eigenvalue weighted by Crippen LogP contribution is -2.47. The zero-order valence-electron chi connectivity index (χ0n) is 12.3. The zero-order chi connectivity index (χ0) is 14.5. The topological polar surface area (TPSA) is 69.6 Å². The molecule has 2 aliphatic rings. The van der Waals surface area contributed by atoms with E-state index in [0.29, 0.717) is 18.4 Å². The molecule has 2 N–H and O–H groups in total. The molecular formula is C15H26N2O3. The first-order chi connectivity index (χ1) is 9.63. The minimum atomic E-state index is -0.832. The fraction of sp³-hybridized carbons (Fsp3) is 0.867. The van der Waals surface area contributed by atoms with Gasteiger partial charge in [-0.05, 0) is 38.0 Å². The average molecular weight is 282 g/mol. The van der Waals surface area contributed by atoms with E-state index >= 15 is 0 Å². The molecule has 5 heteroatoms. The lowest BCUT2D eigenvalue weighted by Gasteiger charge is -2.29. The van der Waals surface area contributed by atoms with Gasteiger partial charge in [0, 0.05) is 19.1 Å². The van der Waals surface area contributed by atoms with Gasteiger partial charge in [-0.1, -0.05) is 19.8 Å². The summed E-state index contributed by atoms with van der Waals surface area (Å²) in [6, 6.07) is 0.307. The summed E-state index contributed by atoms with van der Waals surface area (Å²) in [6.45, 7) is 2.89. The minimum Gasteiger partial charge on any atom is -0.481 e. The molecule has 2 rings (SSSR count). The predicted octanol–water partition coefficient (Wildman–Crippen LogP) is 2.46. The van der Waals surface area contributed by atoms with Crippen molar-refractivity contribution in [1.82, 2.24) is 10.2 Å². The molecule has 2 atom stereocenters. The number of carbonyl (C=O) groups is 2. The van der Waals surface area contributed by atoms with Crippen molar-refractivity contribution in [3.63, 3.8) is 0 Å². The Kier molecular flexibility index (Phi) is 5.26. The molecule has 2 amide bonds. The molecule has 0 spiro atoms. The number of carboxylic acid groups (broad SMARTS) is 1. The van der Waals surface area contributed by atoms with Crippen LogP contribution in [0.3, 0.4) is 0 Å². The Morgan fingerprint density at radius 1 is 1.25 bits per heavy atom. The number of nitrogens with one attached hydrogen (secondary N) is 1. The lowest BCUT2D eigenvalue weighted by atomic mass is 9.96. The number of hydrogen-bond donors (Lipinski definition) is 2. The highest BCUT2D eigenvalue weighted by Gasteiger charge is 2.36. The van der Waals surface area contributed by atoms with Crippen LogP contribution in [0.1, 0.15) is 51.9 Å². The Morgan fingerprint density at radius 3 is 2.55 bits per heavy atom. The minimum absolute atomic E-state index is 0.0703. The van der Waals surface area contributed by atoms with Crippen LogP contribution in [0.2, 0.25) is 0 Å². The summed E-state index contributed by atoms with van der Waals surface area (Å²) in [5, 5.41) is 11.8. The van der Waals surface area contributed by atoms with E-state index in [1.54, 1.807) is 0 Å². The molecular weight excluding hydrogens is 256 g/mol. The summed E-state index contributed by atoms with van der Waals surface area (Å²) in [5.74, 6) is -0.655. The van der Waals surface area contributed by atoms with E-state index in [4.69, 9.17) is 5.11 Å². The van der Waals surface area contributed by atoms with Gasteiger partial charge >= 0.3 is 12.0 Å². The Morgan fingerprint density at radius 2 is 1.95 bits per heavy atom. The van der Waals surface area contributed by atoms with Gasteiger partial charge < -0.3 is 15.3 Å². The quantitative estimate of drug-likeness (QED) is 0.813.